The second kappa shape index (κ2) is 4.35. The van der Waals surface area contributed by atoms with Crippen molar-refractivity contribution in [2.45, 2.75) is 6.04 Å². The van der Waals surface area contributed by atoms with Gasteiger partial charge in [0.15, 0.2) is 0 Å². The Hall–Kier alpha value is -0.540. The molecule has 0 bridgehead atoms. The number of methoxy groups -OCH3 is 1. The Morgan fingerprint density at radius 1 is 2.00 bits per heavy atom. The lowest BCUT2D eigenvalue weighted by molar-refractivity contribution is -0.141. The molecule has 0 aliphatic heterocycles. The molecule has 1 N–H and O–H groups in total. The topological polar surface area (TPSA) is 38.3 Å². The second-order valence-corrected chi connectivity index (χ2v) is 1.56. The van der Waals surface area contributed by atoms with E-state index in [2.05, 4.69) is 16.2 Å². The molecule has 52 valence electrons. The lowest BCUT2D eigenvalue weighted by Gasteiger charge is -2.04. The Balaban J connectivity index is 3.78. The zero-order chi connectivity index (χ0) is 7.28. The first-order chi connectivity index (χ1) is 4.26. The lowest BCUT2D eigenvalue weighted by Crippen LogP contribution is -2.29. The summed E-state index contributed by atoms with van der Waals surface area (Å²) in [6, 6.07) is -0.614. The molecule has 0 heterocycles. The summed E-state index contributed by atoms with van der Waals surface area (Å²) in [5.41, 5.74) is 0. The SMILES string of the molecule is C=C[C@H](NCl)C(=O)OC. The van der Waals surface area contributed by atoms with Crippen molar-refractivity contribution in [2.75, 3.05) is 7.11 Å². The van der Waals surface area contributed by atoms with Gasteiger partial charge in [0.1, 0.15) is 6.04 Å². The number of hydrogen-bond donors (Lipinski definition) is 1. The summed E-state index contributed by atoms with van der Waals surface area (Å²) >= 11 is 5.12. The molecule has 0 aromatic carbocycles. The average Bonchev–Trinajstić information content (AvgIpc) is 1.90. The fourth-order valence-electron chi connectivity index (χ4n) is 0.312. The Kier molecular flexibility index (Phi) is 4.09. The van der Waals surface area contributed by atoms with Crippen molar-refractivity contribution in [3.63, 3.8) is 0 Å². The van der Waals surface area contributed by atoms with Crippen LogP contribution in [-0.2, 0) is 9.53 Å². The maximum atomic E-state index is 10.5. The van der Waals surface area contributed by atoms with E-state index >= 15 is 0 Å². The molecule has 1 atom stereocenters. The summed E-state index contributed by atoms with van der Waals surface area (Å²) in [5.74, 6) is -0.444. The third-order valence-electron chi connectivity index (χ3n) is 0.808. The zero-order valence-corrected chi connectivity index (χ0v) is 5.81. The van der Waals surface area contributed by atoms with Gasteiger partial charge in [0.05, 0.1) is 7.11 Å². The largest absolute Gasteiger partial charge is 0.468 e. The average molecular weight is 150 g/mol. The van der Waals surface area contributed by atoms with Crippen molar-refractivity contribution < 1.29 is 9.53 Å². The summed E-state index contributed by atoms with van der Waals surface area (Å²) in [7, 11) is 1.28. The van der Waals surface area contributed by atoms with Gasteiger partial charge in [-0.25, -0.2) is 9.63 Å². The Labute approximate surface area is 58.7 Å². The predicted molar refractivity (Wildman–Crippen MR) is 35.0 cm³/mol. The lowest BCUT2D eigenvalue weighted by atomic mass is 10.3. The van der Waals surface area contributed by atoms with Crippen molar-refractivity contribution in [3.05, 3.63) is 12.7 Å². The van der Waals surface area contributed by atoms with E-state index in [1.54, 1.807) is 0 Å². The molecule has 9 heavy (non-hydrogen) atoms. The van der Waals surface area contributed by atoms with E-state index in [0.717, 1.165) is 0 Å². The minimum Gasteiger partial charge on any atom is -0.468 e. The molecule has 0 unspecified atom stereocenters. The molecule has 4 heteroatoms. The maximum Gasteiger partial charge on any atom is 0.328 e. The third-order valence-corrected chi connectivity index (χ3v) is 1.04. The number of carbonyl (C=O) groups excluding carboxylic acids is 1. The van der Waals surface area contributed by atoms with Gasteiger partial charge in [-0.15, -0.1) is 6.58 Å². The monoisotopic (exact) mass is 149 g/mol. The van der Waals surface area contributed by atoms with Crippen LogP contribution in [0.4, 0.5) is 0 Å². The highest BCUT2D eigenvalue weighted by atomic mass is 35.5. The van der Waals surface area contributed by atoms with E-state index in [-0.39, 0.29) is 0 Å². The van der Waals surface area contributed by atoms with Crippen LogP contribution >= 0.6 is 11.8 Å². The molecule has 0 aromatic heterocycles. The van der Waals surface area contributed by atoms with Crippen LogP contribution in [0.5, 0.6) is 0 Å². The van der Waals surface area contributed by atoms with Crippen LogP contribution in [0.15, 0.2) is 12.7 Å². The molecule has 0 spiro atoms. The molecule has 0 saturated heterocycles. The summed E-state index contributed by atoms with van der Waals surface area (Å²) in [6.07, 6.45) is 1.36. The first-order valence-corrected chi connectivity index (χ1v) is 2.70. The molecule has 0 amide bonds. The fourth-order valence-corrected chi connectivity index (χ4v) is 0.490. The highest BCUT2D eigenvalue weighted by molar-refractivity contribution is 6.15. The molecule has 3 nitrogen and oxygen atoms in total. The van der Waals surface area contributed by atoms with E-state index in [0.29, 0.717) is 0 Å². The van der Waals surface area contributed by atoms with Crippen molar-refractivity contribution in [1.82, 2.24) is 4.84 Å². The Morgan fingerprint density at radius 2 is 2.56 bits per heavy atom. The molecule has 0 aliphatic rings. The van der Waals surface area contributed by atoms with Gasteiger partial charge in [-0.1, -0.05) is 6.08 Å². The zero-order valence-electron chi connectivity index (χ0n) is 5.06. The van der Waals surface area contributed by atoms with Gasteiger partial charge >= 0.3 is 5.97 Å². The normalized spacial score (nSPS) is 12.2. The molecule has 0 saturated carbocycles. The van der Waals surface area contributed by atoms with Gasteiger partial charge in [-0.05, 0) is 11.8 Å². The van der Waals surface area contributed by atoms with Crippen LogP contribution in [0.25, 0.3) is 0 Å². The molecule has 0 rings (SSSR count). The molecular formula is C5H8ClNO2. The predicted octanol–water partition coefficient (Wildman–Crippen LogP) is 0.457. The summed E-state index contributed by atoms with van der Waals surface area (Å²) in [5, 5.41) is 0. The van der Waals surface area contributed by atoms with Gasteiger partial charge < -0.3 is 4.74 Å². The summed E-state index contributed by atoms with van der Waals surface area (Å²) in [4.78, 5) is 12.7. The first kappa shape index (κ1) is 8.46. The molecule has 0 aromatic rings. The van der Waals surface area contributed by atoms with Crippen molar-refractivity contribution >= 4 is 17.7 Å². The van der Waals surface area contributed by atoms with Crippen molar-refractivity contribution in [1.29, 1.82) is 0 Å². The number of carbonyl (C=O) groups is 1. The van der Waals surface area contributed by atoms with Crippen LogP contribution in [0.3, 0.4) is 0 Å². The highest BCUT2D eigenvalue weighted by Gasteiger charge is 2.11. The van der Waals surface area contributed by atoms with E-state index in [1.807, 2.05) is 0 Å². The van der Waals surface area contributed by atoms with Gasteiger partial charge in [-0.3, -0.25) is 0 Å². The van der Waals surface area contributed by atoms with Gasteiger partial charge in [-0.2, -0.15) is 0 Å². The fraction of sp³-hybridized carbons (Fsp3) is 0.400. The number of ether oxygens (including phenoxy) is 1. The minimum absolute atomic E-state index is 0.444. The van der Waals surface area contributed by atoms with Gasteiger partial charge in [0.25, 0.3) is 0 Å². The van der Waals surface area contributed by atoms with Crippen LogP contribution < -0.4 is 4.84 Å². The summed E-state index contributed by atoms with van der Waals surface area (Å²) in [6.45, 7) is 3.35. The van der Waals surface area contributed by atoms with E-state index in [1.165, 1.54) is 13.2 Å². The maximum absolute atomic E-state index is 10.5. The smallest absolute Gasteiger partial charge is 0.328 e. The van der Waals surface area contributed by atoms with Crippen molar-refractivity contribution in [3.8, 4) is 0 Å². The van der Waals surface area contributed by atoms with Crippen LogP contribution in [0.2, 0.25) is 0 Å². The molecule has 0 aliphatic carbocycles. The number of esters is 1. The van der Waals surface area contributed by atoms with E-state index in [9.17, 15) is 4.79 Å². The number of halogens is 1. The van der Waals surface area contributed by atoms with Crippen LogP contribution in [-0.4, -0.2) is 19.1 Å². The van der Waals surface area contributed by atoms with E-state index < -0.39 is 12.0 Å². The number of rotatable bonds is 3. The minimum atomic E-state index is -0.614. The highest BCUT2D eigenvalue weighted by Crippen LogP contribution is 1.88. The Bertz CT molecular complexity index is 116. The first-order valence-electron chi connectivity index (χ1n) is 2.32. The van der Waals surface area contributed by atoms with Crippen LogP contribution in [0.1, 0.15) is 0 Å². The van der Waals surface area contributed by atoms with Crippen LogP contribution in [0, 0.1) is 0 Å². The number of hydrogen-bond acceptors (Lipinski definition) is 3. The third kappa shape index (κ3) is 2.49. The molecule has 0 fully saturated rings. The quantitative estimate of drug-likeness (QED) is 0.360. The molecular weight excluding hydrogens is 142 g/mol. The Morgan fingerprint density at radius 3 is 2.67 bits per heavy atom. The van der Waals surface area contributed by atoms with Gasteiger partial charge in [0, 0.05) is 0 Å². The molecule has 0 radical (unpaired) electrons. The second-order valence-electron chi connectivity index (χ2n) is 1.35. The van der Waals surface area contributed by atoms with E-state index in [4.69, 9.17) is 11.8 Å². The standard InChI is InChI=1S/C5H8ClNO2/c1-3-4(7-6)5(8)9-2/h3-4,7H,1H2,2H3/t4-/m0/s1. The van der Waals surface area contributed by atoms with Gasteiger partial charge in [0.2, 0.25) is 0 Å². The van der Waals surface area contributed by atoms with Crippen molar-refractivity contribution in [2.24, 2.45) is 0 Å². The number of nitrogens with one attached hydrogen (secondary N) is 1. The summed E-state index contributed by atoms with van der Waals surface area (Å²) < 4.78 is 4.34.